The Morgan fingerprint density at radius 3 is 2.62 bits per heavy atom. The summed E-state index contributed by atoms with van der Waals surface area (Å²) in [6.45, 7) is 11.3. The van der Waals surface area contributed by atoms with Crippen molar-refractivity contribution in [1.82, 2.24) is 5.32 Å². The molecule has 3 nitrogen and oxygen atoms in total. The van der Waals surface area contributed by atoms with Crippen molar-refractivity contribution < 1.29 is 9.47 Å². The van der Waals surface area contributed by atoms with Gasteiger partial charge in [-0.25, -0.2) is 0 Å². The largest absolute Gasteiger partial charge is 0.497 e. The number of rotatable bonds is 9. The summed E-state index contributed by atoms with van der Waals surface area (Å²) >= 11 is 0. The van der Waals surface area contributed by atoms with Gasteiger partial charge >= 0.3 is 0 Å². The molecule has 0 fully saturated rings. The second-order valence-corrected chi connectivity index (χ2v) is 6.54. The van der Waals surface area contributed by atoms with E-state index in [1.54, 1.807) is 7.11 Å². The Balaban J connectivity index is 2.61. The van der Waals surface area contributed by atoms with Crippen LogP contribution in [-0.4, -0.2) is 32.4 Å². The molecule has 0 aliphatic carbocycles. The van der Waals surface area contributed by atoms with Crippen molar-refractivity contribution in [2.75, 3.05) is 26.9 Å². The van der Waals surface area contributed by atoms with Crippen molar-refractivity contribution in [3.05, 3.63) is 29.8 Å². The molecule has 1 aromatic rings. The predicted octanol–water partition coefficient (Wildman–Crippen LogP) is 3.67. The molecule has 1 unspecified atom stereocenters. The maximum absolute atomic E-state index is 5.53. The average Bonchev–Trinajstić information content (AvgIpc) is 2.44. The van der Waals surface area contributed by atoms with Gasteiger partial charge in [-0.15, -0.1) is 0 Å². The van der Waals surface area contributed by atoms with Crippen molar-refractivity contribution in [3.63, 3.8) is 0 Å². The van der Waals surface area contributed by atoms with E-state index in [-0.39, 0.29) is 5.54 Å². The van der Waals surface area contributed by atoms with E-state index in [2.05, 4.69) is 44.3 Å². The molecular formula is C18H31NO2. The van der Waals surface area contributed by atoms with Gasteiger partial charge in [-0.3, -0.25) is 0 Å². The highest BCUT2D eigenvalue weighted by atomic mass is 16.5. The molecule has 0 aliphatic rings. The van der Waals surface area contributed by atoms with Crippen LogP contribution in [0.5, 0.6) is 5.75 Å². The SMILES string of the molecule is CCOCCC(CNC(C)(C)C)Cc1cccc(OC)c1. The third-order valence-electron chi connectivity index (χ3n) is 3.45. The van der Waals surface area contributed by atoms with Crippen LogP contribution in [0.3, 0.4) is 0 Å². The number of hydrogen-bond acceptors (Lipinski definition) is 3. The lowest BCUT2D eigenvalue weighted by atomic mass is 9.95. The first-order chi connectivity index (χ1) is 9.94. The van der Waals surface area contributed by atoms with Crippen LogP contribution in [0.2, 0.25) is 0 Å². The molecule has 0 aliphatic heterocycles. The first-order valence-corrected chi connectivity index (χ1v) is 7.90. The minimum atomic E-state index is 0.151. The smallest absolute Gasteiger partial charge is 0.119 e. The number of nitrogens with one attached hydrogen (secondary N) is 1. The summed E-state index contributed by atoms with van der Waals surface area (Å²) in [5.74, 6) is 1.50. The molecule has 0 bridgehead atoms. The Morgan fingerprint density at radius 1 is 1.24 bits per heavy atom. The monoisotopic (exact) mass is 293 g/mol. The maximum Gasteiger partial charge on any atom is 0.119 e. The third-order valence-corrected chi connectivity index (χ3v) is 3.45. The zero-order chi connectivity index (χ0) is 15.7. The molecule has 1 N–H and O–H groups in total. The Morgan fingerprint density at radius 2 is 2.00 bits per heavy atom. The van der Waals surface area contributed by atoms with Crippen LogP contribution in [0.1, 0.15) is 39.7 Å². The molecule has 1 atom stereocenters. The molecular weight excluding hydrogens is 262 g/mol. The zero-order valence-electron chi connectivity index (χ0n) is 14.2. The van der Waals surface area contributed by atoms with Crippen LogP contribution in [-0.2, 0) is 11.2 Å². The molecule has 0 aromatic heterocycles. The standard InChI is InChI=1S/C18H31NO2/c1-6-21-11-10-16(14-19-18(2,3)4)12-15-8-7-9-17(13-15)20-5/h7-9,13,16,19H,6,10-12,14H2,1-5H3. The molecule has 1 aromatic carbocycles. The van der Waals surface area contributed by atoms with Crippen LogP contribution < -0.4 is 10.1 Å². The van der Waals surface area contributed by atoms with Gasteiger partial charge in [0.2, 0.25) is 0 Å². The van der Waals surface area contributed by atoms with Gasteiger partial charge in [0.25, 0.3) is 0 Å². The summed E-state index contributed by atoms with van der Waals surface area (Å²) in [7, 11) is 1.72. The number of methoxy groups -OCH3 is 1. The van der Waals surface area contributed by atoms with Crippen molar-refractivity contribution in [2.24, 2.45) is 5.92 Å². The van der Waals surface area contributed by atoms with E-state index in [0.29, 0.717) is 5.92 Å². The topological polar surface area (TPSA) is 30.5 Å². The molecule has 0 saturated heterocycles. The number of ether oxygens (including phenoxy) is 2. The van der Waals surface area contributed by atoms with Gasteiger partial charge in [0.15, 0.2) is 0 Å². The normalized spacial score (nSPS) is 13.2. The minimum Gasteiger partial charge on any atom is -0.497 e. The second kappa shape index (κ2) is 9.06. The van der Waals surface area contributed by atoms with E-state index >= 15 is 0 Å². The summed E-state index contributed by atoms with van der Waals surface area (Å²) in [6.07, 6.45) is 2.13. The fourth-order valence-electron chi connectivity index (χ4n) is 2.25. The average molecular weight is 293 g/mol. The summed E-state index contributed by atoms with van der Waals surface area (Å²) in [5, 5.41) is 3.61. The Hall–Kier alpha value is -1.06. The van der Waals surface area contributed by atoms with E-state index < -0.39 is 0 Å². The summed E-state index contributed by atoms with van der Waals surface area (Å²) in [6, 6.07) is 8.36. The Labute approximate surface area is 130 Å². The van der Waals surface area contributed by atoms with Gasteiger partial charge in [0.05, 0.1) is 7.11 Å². The summed E-state index contributed by atoms with van der Waals surface area (Å²) in [5.41, 5.74) is 1.48. The quantitative estimate of drug-likeness (QED) is 0.705. The molecule has 0 radical (unpaired) electrons. The highest BCUT2D eigenvalue weighted by Crippen LogP contribution is 2.18. The van der Waals surface area contributed by atoms with Crippen LogP contribution in [0.15, 0.2) is 24.3 Å². The minimum absolute atomic E-state index is 0.151. The lowest BCUT2D eigenvalue weighted by molar-refractivity contribution is 0.130. The molecule has 0 saturated carbocycles. The maximum atomic E-state index is 5.53. The number of hydrogen-bond donors (Lipinski definition) is 1. The molecule has 21 heavy (non-hydrogen) atoms. The third kappa shape index (κ3) is 8.08. The molecule has 3 heteroatoms. The zero-order valence-corrected chi connectivity index (χ0v) is 14.2. The van der Waals surface area contributed by atoms with Crippen molar-refractivity contribution in [2.45, 2.75) is 46.1 Å². The van der Waals surface area contributed by atoms with Crippen molar-refractivity contribution in [3.8, 4) is 5.75 Å². The predicted molar refractivity (Wildman–Crippen MR) is 89.1 cm³/mol. The van der Waals surface area contributed by atoms with Gasteiger partial charge in [-0.1, -0.05) is 12.1 Å². The van der Waals surface area contributed by atoms with Crippen LogP contribution in [0.4, 0.5) is 0 Å². The second-order valence-electron chi connectivity index (χ2n) is 6.54. The van der Waals surface area contributed by atoms with Gasteiger partial charge < -0.3 is 14.8 Å². The summed E-state index contributed by atoms with van der Waals surface area (Å²) < 4.78 is 10.8. The lowest BCUT2D eigenvalue weighted by Gasteiger charge is -2.25. The van der Waals surface area contributed by atoms with E-state index in [1.165, 1.54) is 5.56 Å². The molecule has 0 heterocycles. The van der Waals surface area contributed by atoms with Crippen molar-refractivity contribution >= 4 is 0 Å². The van der Waals surface area contributed by atoms with Gasteiger partial charge in [0, 0.05) is 18.8 Å². The van der Waals surface area contributed by atoms with E-state index in [1.807, 2.05) is 13.0 Å². The van der Waals surface area contributed by atoms with E-state index in [0.717, 1.165) is 38.3 Å². The van der Waals surface area contributed by atoms with Crippen LogP contribution in [0.25, 0.3) is 0 Å². The first-order valence-electron chi connectivity index (χ1n) is 7.90. The molecule has 120 valence electrons. The van der Waals surface area contributed by atoms with Gasteiger partial charge in [-0.2, -0.15) is 0 Å². The molecule has 0 spiro atoms. The lowest BCUT2D eigenvalue weighted by Crippen LogP contribution is -2.39. The fraction of sp³-hybridized carbons (Fsp3) is 0.667. The van der Waals surface area contributed by atoms with Crippen LogP contribution in [0, 0.1) is 5.92 Å². The highest BCUT2D eigenvalue weighted by molar-refractivity contribution is 5.28. The van der Waals surface area contributed by atoms with Gasteiger partial charge in [0.1, 0.15) is 5.75 Å². The summed E-state index contributed by atoms with van der Waals surface area (Å²) in [4.78, 5) is 0. The van der Waals surface area contributed by atoms with Crippen molar-refractivity contribution in [1.29, 1.82) is 0 Å². The Bertz CT molecular complexity index is 398. The van der Waals surface area contributed by atoms with Gasteiger partial charge in [-0.05, 0) is 70.7 Å². The van der Waals surface area contributed by atoms with E-state index in [4.69, 9.17) is 9.47 Å². The number of benzene rings is 1. The molecule has 0 amide bonds. The fourth-order valence-corrected chi connectivity index (χ4v) is 2.25. The van der Waals surface area contributed by atoms with Crippen LogP contribution >= 0.6 is 0 Å². The first kappa shape index (κ1) is 18.0. The molecule has 1 rings (SSSR count). The van der Waals surface area contributed by atoms with E-state index in [9.17, 15) is 0 Å². The Kier molecular flexibility index (Phi) is 7.76. The highest BCUT2D eigenvalue weighted by Gasteiger charge is 2.15.